The molecule has 0 unspecified atom stereocenters. The minimum atomic E-state index is -1.01. The molecule has 0 atom stereocenters. The number of hydrogen-bond donors (Lipinski definition) is 2. The molecule has 2 aromatic heterocycles. The summed E-state index contributed by atoms with van der Waals surface area (Å²) in [7, 11) is 0. The number of hydrogen-bond acceptors (Lipinski definition) is 3. The summed E-state index contributed by atoms with van der Waals surface area (Å²) < 4.78 is 1.73. The molecule has 0 radical (unpaired) electrons. The first-order valence-electron chi connectivity index (χ1n) is 5.04. The number of carbonyl (C=O) groups is 1. The minimum absolute atomic E-state index is 0.160. The Hall–Kier alpha value is -1.66. The van der Waals surface area contributed by atoms with Crippen molar-refractivity contribution in [3.63, 3.8) is 0 Å². The highest BCUT2D eigenvalue weighted by molar-refractivity contribution is 9.11. The van der Waals surface area contributed by atoms with Crippen molar-refractivity contribution in [1.82, 2.24) is 4.98 Å². The van der Waals surface area contributed by atoms with E-state index in [9.17, 15) is 9.59 Å². The van der Waals surface area contributed by atoms with Crippen molar-refractivity contribution in [1.29, 1.82) is 0 Å². The number of carboxylic acid groups (broad SMARTS) is 1. The Kier molecular flexibility index (Phi) is 2.49. The number of pyridine rings is 1. The SMILES string of the molecule is O=C(O)c1ccc2c(c1)[nH]c(=O)c1cc(Br)sc12. The Bertz CT molecular complexity index is 850. The first-order valence-corrected chi connectivity index (χ1v) is 6.65. The van der Waals surface area contributed by atoms with Gasteiger partial charge in [0.25, 0.3) is 5.56 Å². The van der Waals surface area contributed by atoms with Gasteiger partial charge in [0.05, 0.1) is 25.0 Å². The molecular weight excluding hydrogens is 318 g/mol. The quantitative estimate of drug-likeness (QED) is 0.722. The normalized spacial score (nSPS) is 11.2. The summed E-state index contributed by atoms with van der Waals surface area (Å²) in [6, 6.07) is 6.51. The van der Waals surface area contributed by atoms with E-state index in [0.29, 0.717) is 10.9 Å². The van der Waals surface area contributed by atoms with Crippen LogP contribution in [0.4, 0.5) is 0 Å². The highest BCUT2D eigenvalue weighted by atomic mass is 79.9. The fourth-order valence-corrected chi connectivity index (χ4v) is 3.53. The van der Waals surface area contributed by atoms with E-state index in [-0.39, 0.29) is 11.1 Å². The number of thiophene rings is 1. The number of aromatic nitrogens is 1. The smallest absolute Gasteiger partial charge is 0.335 e. The van der Waals surface area contributed by atoms with E-state index >= 15 is 0 Å². The van der Waals surface area contributed by atoms with Crippen LogP contribution in [0.2, 0.25) is 0 Å². The first-order chi connectivity index (χ1) is 8.56. The van der Waals surface area contributed by atoms with Crippen LogP contribution in [0, 0.1) is 0 Å². The summed E-state index contributed by atoms with van der Waals surface area (Å²) in [6.07, 6.45) is 0. The van der Waals surface area contributed by atoms with Crippen LogP contribution in [0.25, 0.3) is 21.0 Å². The second-order valence-electron chi connectivity index (χ2n) is 3.81. The third-order valence-electron chi connectivity index (χ3n) is 2.71. The lowest BCUT2D eigenvalue weighted by Gasteiger charge is -2.01. The number of rotatable bonds is 1. The lowest BCUT2D eigenvalue weighted by atomic mass is 10.1. The number of H-pyrrole nitrogens is 1. The summed E-state index contributed by atoms with van der Waals surface area (Å²) in [4.78, 5) is 25.5. The van der Waals surface area contributed by atoms with Gasteiger partial charge in [0, 0.05) is 5.39 Å². The molecule has 0 amide bonds. The van der Waals surface area contributed by atoms with Crippen LogP contribution >= 0.6 is 27.3 Å². The molecule has 1 aromatic carbocycles. The highest BCUT2D eigenvalue weighted by Gasteiger charge is 2.11. The highest BCUT2D eigenvalue weighted by Crippen LogP contribution is 2.32. The number of nitrogens with one attached hydrogen (secondary N) is 1. The maximum Gasteiger partial charge on any atom is 0.335 e. The van der Waals surface area contributed by atoms with E-state index in [2.05, 4.69) is 20.9 Å². The topological polar surface area (TPSA) is 70.2 Å². The van der Waals surface area contributed by atoms with Crippen LogP contribution in [0.15, 0.2) is 32.8 Å². The molecule has 0 aliphatic rings. The van der Waals surface area contributed by atoms with Gasteiger partial charge in [-0.05, 0) is 34.1 Å². The van der Waals surface area contributed by atoms with Crippen LogP contribution in [0.5, 0.6) is 0 Å². The lowest BCUT2D eigenvalue weighted by Crippen LogP contribution is -2.05. The fourth-order valence-electron chi connectivity index (χ4n) is 1.90. The predicted molar refractivity (Wildman–Crippen MR) is 74.6 cm³/mol. The van der Waals surface area contributed by atoms with Crippen molar-refractivity contribution in [3.8, 4) is 0 Å². The zero-order chi connectivity index (χ0) is 12.9. The van der Waals surface area contributed by atoms with Gasteiger partial charge in [0.15, 0.2) is 0 Å². The van der Waals surface area contributed by atoms with Crippen LogP contribution in [-0.4, -0.2) is 16.1 Å². The zero-order valence-corrected chi connectivity index (χ0v) is 11.3. The maximum absolute atomic E-state index is 11.9. The molecule has 3 rings (SSSR count). The molecule has 0 spiro atoms. The van der Waals surface area contributed by atoms with E-state index in [1.54, 1.807) is 12.1 Å². The Labute approximate surface area is 113 Å². The first kappa shape index (κ1) is 11.4. The standard InChI is InChI=1S/C12H6BrNO3S/c13-9-4-7-10(18-9)6-2-1-5(12(16)17)3-8(6)14-11(7)15/h1-4H,(H,14,15)(H,16,17). The molecule has 0 fully saturated rings. The van der Waals surface area contributed by atoms with Gasteiger partial charge < -0.3 is 10.1 Å². The van der Waals surface area contributed by atoms with Gasteiger partial charge in [-0.25, -0.2) is 4.79 Å². The molecular formula is C12H6BrNO3S. The number of aromatic amines is 1. The lowest BCUT2D eigenvalue weighted by molar-refractivity contribution is 0.0697. The number of halogens is 1. The second kappa shape index (κ2) is 3.93. The molecule has 0 bridgehead atoms. The summed E-state index contributed by atoms with van der Waals surface area (Å²) in [5.74, 6) is -1.01. The van der Waals surface area contributed by atoms with Gasteiger partial charge in [-0.2, -0.15) is 0 Å². The summed E-state index contributed by atoms with van der Waals surface area (Å²) in [6.45, 7) is 0. The Morgan fingerprint density at radius 1 is 1.28 bits per heavy atom. The van der Waals surface area contributed by atoms with Gasteiger partial charge in [0.1, 0.15) is 0 Å². The Morgan fingerprint density at radius 2 is 2.06 bits per heavy atom. The molecule has 2 N–H and O–H groups in total. The molecule has 90 valence electrons. The van der Waals surface area contributed by atoms with Crippen molar-refractivity contribution >= 4 is 54.2 Å². The molecule has 4 nitrogen and oxygen atoms in total. The third-order valence-corrected chi connectivity index (χ3v) is 4.38. The van der Waals surface area contributed by atoms with Gasteiger partial charge >= 0.3 is 5.97 Å². The van der Waals surface area contributed by atoms with Crippen LogP contribution in [0.1, 0.15) is 10.4 Å². The number of fused-ring (bicyclic) bond motifs is 3. The molecule has 3 aromatic rings. The second-order valence-corrected chi connectivity index (χ2v) is 6.24. The van der Waals surface area contributed by atoms with Crippen LogP contribution in [-0.2, 0) is 0 Å². The number of carboxylic acids is 1. The van der Waals surface area contributed by atoms with E-state index in [1.807, 2.05) is 0 Å². The van der Waals surface area contributed by atoms with Gasteiger partial charge in [-0.1, -0.05) is 6.07 Å². The summed E-state index contributed by atoms with van der Waals surface area (Å²) >= 11 is 4.81. The summed E-state index contributed by atoms with van der Waals surface area (Å²) in [5, 5.41) is 10.4. The average molecular weight is 324 g/mol. The van der Waals surface area contributed by atoms with Crippen molar-refractivity contribution in [2.45, 2.75) is 0 Å². The van der Waals surface area contributed by atoms with Crippen molar-refractivity contribution in [2.75, 3.05) is 0 Å². The third kappa shape index (κ3) is 1.65. The van der Waals surface area contributed by atoms with E-state index in [4.69, 9.17) is 5.11 Å². The number of benzene rings is 1. The van der Waals surface area contributed by atoms with Crippen LogP contribution in [0.3, 0.4) is 0 Å². The van der Waals surface area contributed by atoms with E-state index < -0.39 is 5.97 Å². The van der Waals surface area contributed by atoms with Crippen molar-refractivity contribution in [2.24, 2.45) is 0 Å². The van der Waals surface area contributed by atoms with E-state index in [0.717, 1.165) is 13.9 Å². The molecule has 2 heterocycles. The van der Waals surface area contributed by atoms with Gasteiger partial charge in [-0.3, -0.25) is 4.79 Å². The molecule has 6 heteroatoms. The molecule has 0 aliphatic heterocycles. The van der Waals surface area contributed by atoms with E-state index in [1.165, 1.54) is 23.5 Å². The number of aromatic carboxylic acids is 1. The van der Waals surface area contributed by atoms with Crippen molar-refractivity contribution in [3.05, 3.63) is 44.0 Å². The Morgan fingerprint density at radius 3 is 2.78 bits per heavy atom. The van der Waals surface area contributed by atoms with Crippen molar-refractivity contribution < 1.29 is 9.90 Å². The largest absolute Gasteiger partial charge is 0.478 e. The van der Waals surface area contributed by atoms with Gasteiger partial charge in [0.2, 0.25) is 0 Å². The fraction of sp³-hybridized carbons (Fsp3) is 0. The molecule has 0 aliphatic carbocycles. The molecule has 0 saturated carbocycles. The maximum atomic E-state index is 11.9. The average Bonchev–Trinajstić information content (AvgIpc) is 2.71. The van der Waals surface area contributed by atoms with Crippen LogP contribution < -0.4 is 5.56 Å². The zero-order valence-electron chi connectivity index (χ0n) is 8.86. The molecule has 18 heavy (non-hydrogen) atoms. The Balaban J connectivity index is 2.49. The molecule has 0 saturated heterocycles. The summed E-state index contributed by atoms with van der Waals surface area (Å²) in [5.41, 5.74) is 0.497. The monoisotopic (exact) mass is 323 g/mol. The minimum Gasteiger partial charge on any atom is -0.478 e. The van der Waals surface area contributed by atoms with Gasteiger partial charge in [-0.15, -0.1) is 11.3 Å². The predicted octanol–water partition coefficient (Wildman–Crippen LogP) is 3.20.